The van der Waals surface area contributed by atoms with Crippen LogP contribution in [0, 0.1) is 5.82 Å². The van der Waals surface area contributed by atoms with Crippen LogP contribution < -0.4 is 16.4 Å². The second-order valence-corrected chi connectivity index (χ2v) is 4.22. The summed E-state index contributed by atoms with van der Waals surface area (Å²) >= 11 is 5.54. The number of carboxylic acids is 1. The smallest absolute Gasteiger partial charge is 0.326 e. The van der Waals surface area contributed by atoms with Gasteiger partial charge in [-0.2, -0.15) is 0 Å². The number of nitrogens with two attached hydrogens (primary N) is 1. The number of anilines is 1. The van der Waals surface area contributed by atoms with Gasteiger partial charge in [0.25, 0.3) is 0 Å². The van der Waals surface area contributed by atoms with Gasteiger partial charge in [0.1, 0.15) is 11.9 Å². The first-order chi connectivity index (χ1) is 9.29. The Balaban J connectivity index is 2.70. The van der Waals surface area contributed by atoms with Crippen molar-refractivity contribution in [3.8, 4) is 0 Å². The van der Waals surface area contributed by atoms with Crippen LogP contribution in [-0.2, 0) is 9.59 Å². The molecule has 1 rings (SSSR count). The molecule has 0 unspecified atom stereocenters. The van der Waals surface area contributed by atoms with Gasteiger partial charge in [-0.3, -0.25) is 4.79 Å². The van der Waals surface area contributed by atoms with E-state index in [9.17, 15) is 18.8 Å². The number of hydrogen-bond donors (Lipinski definition) is 4. The molecule has 0 aliphatic heterocycles. The van der Waals surface area contributed by atoms with Gasteiger partial charge in [0.2, 0.25) is 5.91 Å². The molecule has 1 atom stereocenters. The van der Waals surface area contributed by atoms with Gasteiger partial charge in [-0.05, 0) is 18.2 Å². The molecular weight excluding hydrogens is 293 g/mol. The number of rotatable bonds is 5. The maximum Gasteiger partial charge on any atom is 0.326 e. The van der Waals surface area contributed by atoms with Gasteiger partial charge in [0, 0.05) is 5.02 Å². The molecule has 0 aliphatic rings. The van der Waals surface area contributed by atoms with Crippen LogP contribution in [0.25, 0.3) is 0 Å². The van der Waals surface area contributed by atoms with E-state index in [1.807, 2.05) is 5.32 Å². The topological polar surface area (TPSA) is 122 Å². The number of benzene rings is 1. The van der Waals surface area contributed by atoms with E-state index in [-0.39, 0.29) is 10.7 Å². The minimum atomic E-state index is -1.50. The number of carboxylic acid groups (broad SMARTS) is 1. The quantitative estimate of drug-likeness (QED) is 0.646. The fourth-order valence-corrected chi connectivity index (χ4v) is 1.47. The summed E-state index contributed by atoms with van der Waals surface area (Å²) in [5, 5.41) is 13.0. The third-order valence-corrected chi connectivity index (χ3v) is 2.42. The maximum absolute atomic E-state index is 13.4. The lowest BCUT2D eigenvalue weighted by molar-refractivity contribution is -0.140. The first kappa shape index (κ1) is 15.7. The number of carbonyl (C=O) groups excluding carboxylic acids is 2. The number of carbonyl (C=O) groups is 3. The number of halogens is 2. The molecule has 0 aromatic heterocycles. The average molecular weight is 304 g/mol. The maximum atomic E-state index is 13.4. The molecule has 0 aliphatic carbocycles. The van der Waals surface area contributed by atoms with E-state index in [0.717, 1.165) is 6.07 Å². The van der Waals surface area contributed by atoms with Gasteiger partial charge in [-0.15, -0.1) is 0 Å². The Hall–Kier alpha value is -2.35. The molecule has 0 bridgehead atoms. The van der Waals surface area contributed by atoms with E-state index in [0.29, 0.717) is 0 Å². The van der Waals surface area contributed by atoms with Crippen molar-refractivity contribution in [2.75, 3.05) is 5.32 Å². The summed E-state index contributed by atoms with van der Waals surface area (Å²) in [6.45, 7) is 0. The number of hydrogen-bond acceptors (Lipinski definition) is 3. The first-order valence-corrected chi connectivity index (χ1v) is 5.71. The van der Waals surface area contributed by atoms with Crippen molar-refractivity contribution >= 4 is 35.2 Å². The van der Waals surface area contributed by atoms with E-state index in [4.69, 9.17) is 22.4 Å². The van der Waals surface area contributed by atoms with Gasteiger partial charge in [-0.25, -0.2) is 14.0 Å². The molecule has 0 radical (unpaired) electrons. The molecule has 1 aromatic rings. The highest BCUT2D eigenvalue weighted by atomic mass is 35.5. The van der Waals surface area contributed by atoms with E-state index in [1.165, 1.54) is 12.1 Å². The molecule has 0 heterocycles. The Labute approximate surface area is 117 Å². The summed E-state index contributed by atoms with van der Waals surface area (Å²) in [5.41, 5.74) is 4.67. The third kappa shape index (κ3) is 4.73. The van der Waals surface area contributed by atoms with E-state index < -0.39 is 36.2 Å². The van der Waals surface area contributed by atoms with E-state index in [1.54, 1.807) is 0 Å². The van der Waals surface area contributed by atoms with Crippen LogP contribution in [-0.4, -0.2) is 29.1 Å². The number of urea groups is 1. The van der Waals surface area contributed by atoms with Crippen LogP contribution in [0.5, 0.6) is 0 Å². The second-order valence-electron chi connectivity index (χ2n) is 3.78. The zero-order chi connectivity index (χ0) is 15.3. The Kier molecular flexibility index (Phi) is 5.27. The van der Waals surface area contributed by atoms with Gasteiger partial charge in [0.05, 0.1) is 12.1 Å². The zero-order valence-electron chi connectivity index (χ0n) is 10.0. The molecule has 0 saturated carbocycles. The fourth-order valence-electron chi connectivity index (χ4n) is 1.31. The Morgan fingerprint density at radius 1 is 1.40 bits per heavy atom. The monoisotopic (exact) mass is 303 g/mol. The molecule has 108 valence electrons. The van der Waals surface area contributed by atoms with Gasteiger partial charge in [-0.1, -0.05) is 11.6 Å². The Bertz CT molecular complexity index is 552. The average Bonchev–Trinajstić information content (AvgIpc) is 2.31. The summed E-state index contributed by atoms with van der Waals surface area (Å²) in [6, 6.07) is 1.05. The van der Waals surface area contributed by atoms with Gasteiger partial charge in [0.15, 0.2) is 0 Å². The number of aliphatic carboxylic acids is 1. The van der Waals surface area contributed by atoms with Crippen molar-refractivity contribution in [2.45, 2.75) is 12.5 Å². The number of nitrogens with one attached hydrogen (secondary N) is 2. The van der Waals surface area contributed by atoms with Gasteiger partial charge >= 0.3 is 12.0 Å². The second kappa shape index (κ2) is 6.71. The van der Waals surface area contributed by atoms with Crippen LogP contribution in [0.2, 0.25) is 5.02 Å². The van der Waals surface area contributed by atoms with Gasteiger partial charge < -0.3 is 21.5 Å². The van der Waals surface area contributed by atoms with Crippen LogP contribution in [0.15, 0.2) is 18.2 Å². The highest BCUT2D eigenvalue weighted by molar-refractivity contribution is 6.30. The molecule has 9 heteroatoms. The summed E-state index contributed by atoms with van der Waals surface area (Å²) in [4.78, 5) is 33.0. The van der Waals surface area contributed by atoms with Crippen molar-refractivity contribution in [1.82, 2.24) is 5.32 Å². The third-order valence-electron chi connectivity index (χ3n) is 2.19. The lowest BCUT2D eigenvalue weighted by Gasteiger charge is -2.14. The highest BCUT2D eigenvalue weighted by Gasteiger charge is 2.22. The summed E-state index contributed by atoms with van der Waals surface area (Å²) < 4.78 is 13.4. The Morgan fingerprint density at radius 2 is 2.05 bits per heavy atom. The van der Waals surface area contributed by atoms with E-state index >= 15 is 0 Å². The molecule has 3 amide bonds. The SMILES string of the molecule is NC(=O)C[C@@H](NC(=O)Nc1ccc(Cl)cc1F)C(=O)O. The Morgan fingerprint density at radius 3 is 2.55 bits per heavy atom. The predicted molar refractivity (Wildman–Crippen MR) is 68.8 cm³/mol. The van der Waals surface area contributed by atoms with Crippen molar-refractivity contribution in [2.24, 2.45) is 5.73 Å². The van der Waals surface area contributed by atoms with Crippen molar-refractivity contribution in [3.63, 3.8) is 0 Å². The lowest BCUT2D eigenvalue weighted by Crippen LogP contribution is -2.45. The molecule has 7 nitrogen and oxygen atoms in total. The standard InChI is InChI=1S/C11H11ClFN3O4/c12-5-1-2-7(6(13)3-5)15-11(20)16-8(10(18)19)4-9(14)17/h1-3,8H,4H2,(H2,14,17)(H,18,19)(H2,15,16,20)/t8-/m1/s1. The zero-order valence-corrected chi connectivity index (χ0v) is 10.8. The highest BCUT2D eigenvalue weighted by Crippen LogP contribution is 2.18. The minimum absolute atomic E-state index is 0.144. The van der Waals surface area contributed by atoms with E-state index in [2.05, 4.69) is 5.32 Å². The number of amides is 3. The lowest BCUT2D eigenvalue weighted by atomic mass is 10.2. The molecule has 0 saturated heterocycles. The first-order valence-electron chi connectivity index (χ1n) is 5.33. The summed E-state index contributed by atoms with van der Waals surface area (Å²) in [5.74, 6) is -3.11. The molecule has 0 spiro atoms. The predicted octanol–water partition coefficient (Wildman–Crippen LogP) is 0.929. The van der Waals surface area contributed by atoms with Crippen LogP contribution in [0.4, 0.5) is 14.9 Å². The van der Waals surface area contributed by atoms with Crippen LogP contribution in [0.1, 0.15) is 6.42 Å². The number of primary amides is 1. The summed E-state index contributed by atoms with van der Waals surface area (Å²) in [6.07, 6.45) is -0.578. The summed E-state index contributed by atoms with van der Waals surface area (Å²) in [7, 11) is 0. The molecule has 20 heavy (non-hydrogen) atoms. The fraction of sp³-hybridized carbons (Fsp3) is 0.182. The molecule has 0 fully saturated rings. The minimum Gasteiger partial charge on any atom is -0.480 e. The normalized spacial score (nSPS) is 11.5. The largest absolute Gasteiger partial charge is 0.480 e. The molecule has 1 aromatic carbocycles. The van der Waals surface area contributed by atoms with Crippen molar-refractivity contribution < 1.29 is 23.9 Å². The molecular formula is C11H11ClFN3O4. The van der Waals surface area contributed by atoms with Crippen LogP contribution in [0.3, 0.4) is 0 Å². The van der Waals surface area contributed by atoms with Crippen LogP contribution >= 0.6 is 11.6 Å². The molecule has 5 N–H and O–H groups in total. The van der Waals surface area contributed by atoms with Crippen molar-refractivity contribution in [3.05, 3.63) is 29.0 Å². The van der Waals surface area contributed by atoms with Crippen molar-refractivity contribution in [1.29, 1.82) is 0 Å².